The third kappa shape index (κ3) is 3.32. The summed E-state index contributed by atoms with van der Waals surface area (Å²) < 4.78 is 4.94. The van der Waals surface area contributed by atoms with E-state index in [1.807, 2.05) is 36.4 Å². The molecule has 1 aromatic carbocycles. The molecule has 0 radical (unpaired) electrons. The van der Waals surface area contributed by atoms with Crippen LogP contribution in [0.4, 0.5) is 0 Å². The van der Waals surface area contributed by atoms with Crippen LogP contribution in [-0.2, 0) is 16.0 Å². The van der Waals surface area contributed by atoms with E-state index in [1.54, 1.807) is 0 Å². The molecule has 1 heterocycles. The molecule has 0 N–H and O–H groups in total. The molecule has 19 heavy (non-hydrogen) atoms. The lowest BCUT2D eigenvalue weighted by molar-refractivity contribution is -0.146. The summed E-state index contributed by atoms with van der Waals surface area (Å²) in [5, 5.41) is 0. The number of nitrogens with zero attached hydrogens (tertiary/aromatic N) is 1. The molecule has 3 nitrogen and oxygen atoms in total. The highest BCUT2D eigenvalue weighted by atomic mass is 16.5. The minimum atomic E-state index is -0.235. The van der Waals surface area contributed by atoms with Gasteiger partial charge in [0.15, 0.2) is 0 Å². The lowest BCUT2D eigenvalue weighted by atomic mass is 10.0. The summed E-state index contributed by atoms with van der Waals surface area (Å²) in [6.07, 6.45) is 4.62. The second kappa shape index (κ2) is 6.34. The van der Waals surface area contributed by atoms with Crippen LogP contribution >= 0.6 is 0 Å². The second-order valence-corrected chi connectivity index (χ2v) is 4.64. The van der Waals surface area contributed by atoms with Crippen molar-refractivity contribution in [3.8, 4) is 0 Å². The molecule has 0 bridgehead atoms. The summed E-state index contributed by atoms with van der Waals surface area (Å²) in [6.45, 7) is 5.31. The molecule has 0 amide bonds. The number of esters is 1. The standard InChI is InChI=1S/C16H19NO2/c1-3-13-9-10-17(12-13)15(16(18)19-2)11-14-7-5-4-6-8-14/h3-9,15H,1,10-12H2,2H3. The third-order valence-electron chi connectivity index (χ3n) is 3.42. The van der Waals surface area contributed by atoms with Crippen LogP contribution in [0.25, 0.3) is 0 Å². The molecular weight excluding hydrogens is 238 g/mol. The summed E-state index contributed by atoms with van der Waals surface area (Å²) >= 11 is 0. The molecule has 0 saturated heterocycles. The van der Waals surface area contributed by atoms with Crippen molar-refractivity contribution in [1.82, 2.24) is 4.90 Å². The van der Waals surface area contributed by atoms with Gasteiger partial charge < -0.3 is 4.74 Å². The Morgan fingerprint density at radius 3 is 2.79 bits per heavy atom. The topological polar surface area (TPSA) is 29.5 Å². The molecule has 0 fully saturated rings. The van der Waals surface area contributed by atoms with Crippen LogP contribution in [-0.4, -0.2) is 37.1 Å². The Kier molecular flexibility index (Phi) is 4.53. The van der Waals surface area contributed by atoms with Gasteiger partial charge in [-0.3, -0.25) is 9.69 Å². The monoisotopic (exact) mass is 257 g/mol. The predicted octanol–water partition coefficient (Wildman–Crippen LogP) is 2.20. The van der Waals surface area contributed by atoms with Crippen molar-refractivity contribution in [2.45, 2.75) is 12.5 Å². The Morgan fingerprint density at radius 2 is 2.21 bits per heavy atom. The Morgan fingerprint density at radius 1 is 1.47 bits per heavy atom. The average molecular weight is 257 g/mol. The van der Waals surface area contributed by atoms with Gasteiger partial charge in [0, 0.05) is 13.1 Å². The maximum atomic E-state index is 12.0. The fraction of sp³-hybridized carbons (Fsp3) is 0.312. The molecule has 0 aromatic heterocycles. The van der Waals surface area contributed by atoms with Crippen molar-refractivity contribution in [2.24, 2.45) is 0 Å². The SMILES string of the molecule is C=CC1=CCN(C(Cc2ccccc2)C(=O)OC)C1. The molecule has 1 unspecified atom stereocenters. The van der Waals surface area contributed by atoms with E-state index in [2.05, 4.69) is 17.6 Å². The first-order valence-corrected chi connectivity index (χ1v) is 6.42. The lowest BCUT2D eigenvalue weighted by Gasteiger charge is -2.25. The third-order valence-corrected chi connectivity index (χ3v) is 3.42. The Bertz CT molecular complexity index is 479. The van der Waals surface area contributed by atoms with E-state index in [-0.39, 0.29) is 12.0 Å². The molecule has 0 spiro atoms. The lowest BCUT2D eigenvalue weighted by Crippen LogP contribution is -2.42. The van der Waals surface area contributed by atoms with Gasteiger partial charge in [0.2, 0.25) is 0 Å². The molecule has 1 aromatic rings. The minimum absolute atomic E-state index is 0.178. The molecule has 0 aliphatic carbocycles. The van der Waals surface area contributed by atoms with Gasteiger partial charge in [-0.2, -0.15) is 0 Å². The number of methoxy groups -OCH3 is 1. The minimum Gasteiger partial charge on any atom is -0.468 e. The van der Waals surface area contributed by atoms with Crippen molar-refractivity contribution in [3.63, 3.8) is 0 Å². The van der Waals surface area contributed by atoms with E-state index in [1.165, 1.54) is 12.7 Å². The number of carbonyl (C=O) groups is 1. The van der Waals surface area contributed by atoms with Crippen LogP contribution in [0.3, 0.4) is 0 Å². The number of hydrogen-bond acceptors (Lipinski definition) is 3. The van der Waals surface area contributed by atoms with Crippen LogP contribution < -0.4 is 0 Å². The largest absolute Gasteiger partial charge is 0.468 e. The summed E-state index contributed by atoms with van der Waals surface area (Å²) in [5.41, 5.74) is 2.31. The maximum Gasteiger partial charge on any atom is 0.323 e. The van der Waals surface area contributed by atoms with Crippen molar-refractivity contribution >= 4 is 5.97 Å². The van der Waals surface area contributed by atoms with E-state index in [0.29, 0.717) is 6.42 Å². The summed E-state index contributed by atoms with van der Waals surface area (Å²) in [5.74, 6) is -0.178. The van der Waals surface area contributed by atoms with Crippen molar-refractivity contribution in [3.05, 3.63) is 60.2 Å². The fourth-order valence-electron chi connectivity index (χ4n) is 2.32. The van der Waals surface area contributed by atoms with Crippen LogP contribution in [0.1, 0.15) is 5.56 Å². The Hall–Kier alpha value is -1.87. The highest BCUT2D eigenvalue weighted by Crippen LogP contribution is 2.17. The first kappa shape index (κ1) is 13.6. The van der Waals surface area contributed by atoms with Crippen molar-refractivity contribution in [2.75, 3.05) is 20.2 Å². The van der Waals surface area contributed by atoms with Crippen LogP contribution in [0.15, 0.2) is 54.6 Å². The van der Waals surface area contributed by atoms with Crippen LogP contribution in [0.5, 0.6) is 0 Å². The quantitative estimate of drug-likeness (QED) is 0.757. The molecule has 1 aliphatic heterocycles. The number of ether oxygens (including phenoxy) is 1. The zero-order chi connectivity index (χ0) is 13.7. The van der Waals surface area contributed by atoms with Gasteiger partial charge in [0.05, 0.1) is 7.11 Å². The first-order valence-electron chi connectivity index (χ1n) is 6.42. The molecule has 3 heteroatoms. The van der Waals surface area contributed by atoms with E-state index < -0.39 is 0 Å². The van der Waals surface area contributed by atoms with E-state index in [4.69, 9.17) is 4.74 Å². The molecule has 100 valence electrons. The zero-order valence-corrected chi connectivity index (χ0v) is 11.2. The first-order chi connectivity index (χ1) is 9.24. The molecule has 1 aliphatic rings. The van der Waals surface area contributed by atoms with Crippen molar-refractivity contribution < 1.29 is 9.53 Å². The summed E-state index contributed by atoms with van der Waals surface area (Å²) in [4.78, 5) is 14.1. The van der Waals surface area contributed by atoms with Gasteiger partial charge in [0.25, 0.3) is 0 Å². The smallest absolute Gasteiger partial charge is 0.323 e. The van der Waals surface area contributed by atoms with Crippen LogP contribution in [0, 0.1) is 0 Å². The summed E-state index contributed by atoms with van der Waals surface area (Å²) in [7, 11) is 1.44. The van der Waals surface area contributed by atoms with Gasteiger partial charge in [-0.05, 0) is 17.6 Å². The van der Waals surface area contributed by atoms with Crippen LogP contribution in [0.2, 0.25) is 0 Å². The molecular formula is C16H19NO2. The Labute approximate surface area is 114 Å². The molecule has 1 atom stereocenters. The highest BCUT2D eigenvalue weighted by molar-refractivity contribution is 5.76. The number of carbonyl (C=O) groups excluding carboxylic acids is 1. The Balaban J connectivity index is 2.09. The molecule has 2 rings (SSSR count). The van der Waals surface area contributed by atoms with E-state index in [9.17, 15) is 4.79 Å². The van der Waals surface area contributed by atoms with Gasteiger partial charge in [0.1, 0.15) is 6.04 Å². The normalized spacial score (nSPS) is 16.8. The predicted molar refractivity (Wildman–Crippen MR) is 75.8 cm³/mol. The number of hydrogen-bond donors (Lipinski definition) is 0. The average Bonchev–Trinajstić information content (AvgIpc) is 2.93. The second-order valence-electron chi connectivity index (χ2n) is 4.64. The van der Waals surface area contributed by atoms with E-state index >= 15 is 0 Å². The fourth-order valence-corrected chi connectivity index (χ4v) is 2.32. The number of benzene rings is 1. The van der Waals surface area contributed by atoms with Gasteiger partial charge in [-0.25, -0.2) is 0 Å². The van der Waals surface area contributed by atoms with Gasteiger partial charge in [-0.1, -0.05) is 49.1 Å². The zero-order valence-electron chi connectivity index (χ0n) is 11.2. The van der Waals surface area contributed by atoms with Gasteiger partial charge >= 0.3 is 5.97 Å². The maximum absolute atomic E-state index is 12.0. The van der Waals surface area contributed by atoms with E-state index in [0.717, 1.165) is 18.7 Å². The highest BCUT2D eigenvalue weighted by Gasteiger charge is 2.28. The molecule has 0 saturated carbocycles. The number of rotatable bonds is 5. The summed E-state index contributed by atoms with van der Waals surface area (Å²) in [6, 6.07) is 9.79. The van der Waals surface area contributed by atoms with Crippen molar-refractivity contribution in [1.29, 1.82) is 0 Å². The van der Waals surface area contributed by atoms with Gasteiger partial charge in [-0.15, -0.1) is 0 Å².